The minimum Gasteiger partial charge on any atom is -0.407 e. The van der Waals surface area contributed by atoms with Gasteiger partial charge in [0, 0.05) is 12.5 Å². The Hall–Kier alpha value is -3.36. The van der Waals surface area contributed by atoms with Crippen molar-refractivity contribution in [3.8, 4) is 0 Å². The Balaban J connectivity index is 1.46. The van der Waals surface area contributed by atoms with E-state index in [4.69, 9.17) is 4.43 Å². The summed E-state index contributed by atoms with van der Waals surface area (Å²) in [5.41, 5.74) is 0.269. The fourth-order valence-electron chi connectivity index (χ4n) is 5.25. The minimum absolute atomic E-state index is 0.110. The van der Waals surface area contributed by atoms with Gasteiger partial charge < -0.3 is 14.0 Å². The second-order valence-corrected chi connectivity index (χ2v) is 14.4. The number of imidazole rings is 1. The topological polar surface area (TPSA) is 72.8 Å². The number of allylic oxidation sites excluding steroid dienone is 1. The van der Waals surface area contributed by atoms with E-state index < -0.39 is 14.4 Å². The lowest BCUT2D eigenvalue weighted by molar-refractivity contribution is 0.250. The normalized spacial score (nSPS) is 18.7. The number of aromatic amines is 1. The number of halogens is 1. The summed E-state index contributed by atoms with van der Waals surface area (Å²) in [5, 5.41) is 2.24. The van der Waals surface area contributed by atoms with Gasteiger partial charge in [0.25, 0.3) is 13.9 Å². The molecule has 0 spiro atoms. The molecule has 0 unspecified atom stereocenters. The van der Waals surface area contributed by atoms with Crippen LogP contribution in [-0.4, -0.2) is 34.4 Å². The number of benzene rings is 2. The molecule has 1 aliphatic rings. The van der Waals surface area contributed by atoms with Crippen molar-refractivity contribution in [1.29, 1.82) is 0 Å². The Kier molecular flexibility index (Phi) is 6.02. The van der Waals surface area contributed by atoms with E-state index in [1.807, 2.05) is 12.1 Å². The molecule has 2 heterocycles. The van der Waals surface area contributed by atoms with Crippen LogP contribution in [0.4, 0.5) is 4.39 Å². The summed E-state index contributed by atoms with van der Waals surface area (Å²) < 4.78 is 23.8. The standard InChI is InChI=1S/C27H29FN4O2Si/c1-27(2,3)35(20-10-6-4-7-11-20,21-12-8-5-9-13-21)34-16-19-14-22(28)23(15-19)32-18-31-24-25(32)29-17-30-26(24)33/h4-14,17-19,23H,15-16H2,1-3H3,(H,29,30,33)/t19-,23-/m1/s1. The van der Waals surface area contributed by atoms with Gasteiger partial charge in [0.15, 0.2) is 11.2 Å². The lowest BCUT2D eigenvalue weighted by Gasteiger charge is -2.43. The van der Waals surface area contributed by atoms with Gasteiger partial charge in [-0.15, -0.1) is 0 Å². The van der Waals surface area contributed by atoms with E-state index in [0.717, 1.165) is 0 Å². The van der Waals surface area contributed by atoms with Crippen molar-refractivity contribution in [2.24, 2.45) is 5.92 Å². The molecule has 6 nitrogen and oxygen atoms in total. The van der Waals surface area contributed by atoms with E-state index >= 15 is 4.39 Å². The minimum atomic E-state index is -2.71. The number of hydrogen-bond acceptors (Lipinski definition) is 4. The van der Waals surface area contributed by atoms with Crippen LogP contribution in [0.1, 0.15) is 33.2 Å². The highest BCUT2D eigenvalue weighted by atomic mass is 28.4. The monoisotopic (exact) mass is 488 g/mol. The van der Waals surface area contributed by atoms with Crippen LogP contribution in [0, 0.1) is 5.92 Å². The molecule has 5 rings (SSSR count). The van der Waals surface area contributed by atoms with Crippen LogP contribution in [0.5, 0.6) is 0 Å². The molecule has 1 aliphatic carbocycles. The van der Waals surface area contributed by atoms with E-state index in [9.17, 15) is 4.79 Å². The van der Waals surface area contributed by atoms with Crippen LogP contribution in [0.2, 0.25) is 5.04 Å². The van der Waals surface area contributed by atoms with Gasteiger partial charge in [-0.05, 0) is 27.9 Å². The van der Waals surface area contributed by atoms with Crippen LogP contribution < -0.4 is 15.9 Å². The number of aromatic nitrogens is 4. The zero-order chi connectivity index (χ0) is 24.6. The molecule has 0 aliphatic heterocycles. The average Bonchev–Trinajstić information content (AvgIpc) is 3.44. The van der Waals surface area contributed by atoms with Gasteiger partial charge in [-0.25, -0.2) is 14.4 Å². The predicted molar refractivity (Wildman–Crippen MR) is 138 cm³/mol. The summed E-state index contributed by atoms with van der Waals surface area (Å²) in [4.78, 5) is 22.9. The molecular formula is C27H29FN4O2Si. The van der Waals surface area contributed by atoms with Gasteiger partial charge >= 0.3 is 0 Å². The maximum Gasteiger partial charge on any atom is 0.278 e. The molecule has 8 heteroatoms. The fraction of sp³-hybridized carbons (Fsp3) is 0.296. The maximum absolute atomic E-state index is 15.2. The van der Waals surface area contributed by atoms with Crippen molar-refractivity contribution in [2.45, 2.75) is 38.3 Å². The Morgan fingerprint density at radius 1 is 1.06 bits per heavy atom. The highest BCUT2D eigenvalue weighted by Crippen LogP contribution is 2.40. The van der Waals surface area contributed by atoms with Crippen LogP contribution in [0.3, 0.4) is 0 Å². The molecule has 35 heavy (non-hydrogen) atoms. The smallest absolute Gasteiger partial charge is 0.278 e. The SMILES string of the molecule is CC(C)(C)[Si](OC[C@@H]1C=C(F)[C@H](n2cnc3c(=O)[nH]cnc32)C1)(c1ccccc1)c1ccccc1. The number of H-pyrrole nitrogens is 1. The third-order valence-electron chi connectivity index (χ3n) is 6.87. The Morgan fingerprint density at radius 3 is 2.29 bits per heavy atom. The molecule has 0 amide bonds. The Bertz CT molecular complexity index is 1370. The maximum atomic E-state index is 15.2. The van der Waals surface area contributed by atoms with Gasteiger partial charge in [0.1, 0.15) is 5.83 Å². The summed E-state index contributed by atoms with van der Waals surface area (Å²) in [6.45, 7) is 7.09. The van der Waals surface area contributed by atoms with Crippen molar-refractivity contribution < 1.29 is 8.82 Å². The number of rotatable bonds is 6. The van der Waals surface area contributed by atoms with E-state index in [0.29, 0.717) is 18.7 Å². The number of nitrogens with one attached hydrogen (secondary N) is 1. The van der Waals surface area contributed by atoms with Gasteiger partial charge in [0.05, 0.1) is 18.7 Å². The first-order chi connectivity index (χ1) is 16.8. The molecule has 0 fully saturated rings. The van der Waals surface area contributed by atoms with E-state index in [1.165, 1.54) is 23.0 Å². The largest absolute Gasteiger partial charge is 0.407 e. The lowest BCUT2D eigenvalue weighted by Crippen LogP contribution is -2.66. The van der Waals surface area contributed by atoms with E-state index in [2.05, 4.69) is 84.3 Å². The third kappa shape index (κ3) is 4.06. The van der Waals surface area contributed by atoms with Gasteiger partial charge in [0.2, 0.25) is 0 Å². The summed E-state index contributed by atoms with van der Waals surface area (Å²) in [6.07, 6.45) is 4.99. The molecule has 180 valence electrons. The highest BCUT2D eigenvalue weighted by Gasteiger charge is 2.50. The molecule has 0 radical (unpaired) electrons. The van der Waals surface area contributed by atoms with Crippen molar-refractivity contribution in [2.75, 3.05) is 6.61 Å². The zero-order valence-electron chi connectivity index (χ0n) is 20.1. The highest BCUT2D eigenvalue weighted by molar-refractivity contribution is 6.99. The second kappa shape index (κ2) is 9.01. The fourth-order valence-corrected chi connectivity index (χ4v) is 9.87. The number of hydrogen-bond donors (Lipinski definition) is 1. The van der Waals surface area contributed by atoms with Crippen LogP contribution in [-0.2, 0) is 4.43 Å². The first kappa shape index (κ1) is 23.4. The number of nitrogens with zero attached hydrogens (tertiary/aromatic N) is 3. The molecule has 2 aromatic carbocycles. The molecule has 2 atom stereocenters. The van der Waals surface area contributed by atoms with Gasteiger partial charge in [-0.1, -0.05) is 81.4 Å². The van der Waals surface area contributed by atoms with Crippen LogP contribution in [0.25, 0.3) is 11.2 Å². The first-order valence-corrected chi connectivity index (χ1v) is 13.7. The molecule has 2 aromatic heterocycles. The van der Waals surface area contributed by atoms with Crippen molar-refractivity contribution in [1.82, 2.24) is 19.5 Å². The Morgan fingerprint density at radius 2 is 1.69 bits per heavy atom. The molecular weight excluding hydrogens is 459 g/mol. The predicted octanol–water partition coefficient (Wildman–Crippen LogP) is 4.11. The second-order valence-electron chi connectivity index (χ2n) is 10.1. The zero-order valence-corrected chi connectivity index (χ0v) is 21.1. The van der Waals surface area contributed by atoms with Gasteiger partial charge in [-0.3, -0.25) is 4.79 Å². The molecule has 4 aromatic rings. The third-order valence-corrected chi connectivity index (χ3v) is 11.9. The summed E-state index contributed by atoms with van der Waals surface area (Å²) in [7, 11) is -2.71. The summed E-state index contributed by atoms with van der Waals surface area (Å²) >= 11 is 0. The van der Waals surface area contributed by atoms with Crippen molar-refractivity contribution in [3.05, 3.63) is 95.6 Å². The number of fused-ring (bicyclic) bond motifs is 1. The van der Waals surface area contributed by atoms with E-state index in [-0.39, 0.29) is 27.9 Å². The lowest BCUT2D eigenvalue weighted by atomic mass is 10.1. The molecule has 0 saturated carbocycles. The van der Waals surface area contributed by atoms with Crippen LogP contribution in [0.15, 0.2) is 90.0 Å². The van der Waals surface area contributed by atoms with Gasteiger partial charge in [-0.2, -0.15) is 0 Å². The van der Waals surface area contributed by atoms with Crippen molar-refractivity contribution >= 4 is 29.9 Å². The van der Waals surface area contributed by atoms with E-state index in [1.54, 1.807) is 10.6 Å². The average molecular weight is 489 g/mol. The quantitative estimate of drug-likeness (QED) is 0.415. The molecule has 0 bridgehead atoms. The van der Waals surface area contributed by atoms with Crippen molar-refractivity contribution in [3.63, 3.8) is 0 Å². The first-order valence-electron chi connectivity index (χ1n) is 11.8. The Labute approximate surface area is 204 Å². The summed E-state index contributed by atoms with van der Waals surface area (Å²) in [5.74, 6) is -0.358. The summed E-state index contributed by atoms with van der Waals surface area (Å²) in [6, 6.07) is 20.3. The molecule has 0 saturated heterocycles. The van der Waals surface area contributed by atoms with Crippen LogP contribution >= 0.6 is 0 Å². The molecule has 1 N–H and O–H groups in total.